The number of nitrogens with one attached hydrogen (secondary N) is 3. The van der Waals surface area contributed by atoms with Gasteiger partial charge >= 0.3 is 0 Å². The van der Waals surface area contributed by atoms with Crippen LogP contribution in [0.4, 0.5) is 5.69 Å². The van der Waals surface area contributed by atoms with Crippen molar-refractivity contribution in [2.45, 2.75) is 51.2 Å². The van der Waals surface area contributed by atoms with E-state index in [1.807, 2.05) is 35.4 Å². The van der Waals surface area contributed by atoms with E-state index in [1.165, 1.54) is 6.92 Å². The van der Waals surface area contributed by atoms with Gasteiger partial charge in [-0.3, -0.25) is 14.4 Å². The largest absolute Gasteiger partial charge is 0.493 e. The summed E-state index contributed by atoms with van der Waals surface area (Å²) in [6.07, 6.45) is 4.43. The van der Waals surface area contributed by atoms with Crippen LogP contribution >= 0.6 is 27.7 Å². The first-order valence-electron chi connectivity index (χ1n) is 16.3. The molecule has 3 aromatic carbocycles. The first-order chi connectivity index (χ1) is 23.7. The van der Waals surface area contributed by atoms with Crippen molar-refractivity contribution in [2.75, 3.05) is 45.2 Å². The lowest BCUT2D eigenvalue weighted by Gasteiger charge is -2.31. The molecule has 2 aliphatic rings. The average Bonchev–Trinajstić information content (AvgIpc) is 3.32. The van der Waals surface area contributed by atoms with Crippen LogP contribution in [0.2, 0.25) is 0 Å². The number of amides is 2. The quantitative estimate of drug-likeness (QED) is 0.175. The van der Waals surface area contributed by atoms with Gasteiger partial charge < -0.3 is 34.7 Å². The monoisotopic (exact) mass is 748 g/mol. The van der Waals surface area contributed by atoms with E-state index in [-0.39, 0.29) is 17.2 Å². The minimum Gasteiger partial charge on any atom is -0.493 e. The lowest BCUT2D eigenvalue weighted by molar-refractivity contribution is -0.133. The molecule has 2 atom stereocenters. The summed E-state index contributed by atoms with van der Waals surface area (Å²) in [7, 11) is 4.70. The normalized spacial score (nSPS) is 15.7. The van der Waals surface area contributed by atoms with Crippen molar-refractivity contribution in [2.24, 2.45) is 0 Å². The highest BCUT2D eigenvalue weighted by Gasteiger charge is 2.32. The van der Waals surface area contributed by atoms with E-state index in [2.05, 4.69) is 37.6 Å². The second-order valence-corrected chi connectivity index (χ2v) is 14.2. The number of benzene rings is 2. The summed E-state index contributed by atoms with van der Waals surface area (Å²) in [5.74, 6) is 1.95. The first kappa shape index (κ1) is 34.7. The van der Waals surface area contributed by atoms with E-state index < -0.39 is 12.1 Å². The molecule has 0 spiro atoms. The predicted molar refractivity (Wildman–Crippen MR) is 198 cm³/mol. The number of methoxy groups -OCH3 is 3. The second-order valence-electron chi connectivity index (χ2n) is 12.3. The number of hydrogen-bond acceptors (Lipinski definition) is 8. The standard InChI is InChI=1S/C37H41BrN4O6S/c1-20(43)39-27-11-9-21-17-32(46-2)35(47-3)36(48-4)33(21)22-10-12-29(31(44)18-24(22)27)40-30(14-16-49-5)37(45)42-15-13-28-25(19-42)23-7-6-8-26(38)34(23)41-28/h6-8,10,12,17-18,27,30,41H,9,11,13-16,19H2,1-5H3,(H,39,43)(H,40,44)/t27-,30-/m0/s1. The van der Waals surface area contributed by atoms with Crippen LogP contribution in [0.5, 0.6) is 17.2 Å². The summed E-state index contributed by atoms with van der Waals surface area (Å²) in [5, 5.41) is 7.51. The molecular formula is C37H41BrN4O6S. The molecule has 1 aliphatic carbocycles. The van der Waals surface area contributed by atoms with Crippen LogP contribution < -0.4 is 30.3 Å². The Kier molecular flexibility index (Phi) is 10.4. The number of anilines is 1. The molecule has 2 amide bonds. The number of ether oxygens (including phenoxy) is 3. The number of halogens is 1. The van der Waals surface area contributed by atoms with Crippen molar-refractivity contribution >= 4 is 56.1 Å². The number of thioether (sulfide) groups is 1. The molecule has 0 unspecified atom stereocenters. The van der Waals surface area contributed by atoms with Gasteiger partial charge in [-0.1, -0.05) is 18.2 Å². The number of aromatic amines is 1. The number of carbonyl (C=O) groups is 2. The second kappa shape index (κ2) is 14.8. The van der Waals surface area contributed by atoms with Gasteiger partial charge in [0.05, 0.1) is 38.6 Å². The van der Waals surface area contributed by atoms with Crippen LogP contribution in [-0.4, -0.2) is 67.6 Å². The third kappa shape index (κ3) is 6.72. The highest BCUT2D eigenvalue weighted by atomic mass is 79.9. The molecule has 0 saturated carbocycles. The Morgan fingerprint density at radius 1 is 1.08 bits per heavy atom. The van der Waals surface area contributed by atoms with Gasteiger partial charge in [-0.25, -0.2) is 0 Å². The van der Waals surface area contributed by atoms with E-state index in [0.29, 0.717) is 60.9 Å². The van der Waals surface area contributed by atoms with Gasteiger partial charge in [-0.05, 0) is 88.2 Å². The van der Waals surface area contributed by atoms with Gasteiger partial charge in [0.25, 0.3) is 0 Å². The Morgan fingerprint density at radius 3 is 2.59 bits per heavy atom. The molecule has 1 aromatic heterocycles. The zero-order valence-electron chi connectivity index (χ0n) is 28.3. The van der Waals surface area contributed by atoms with Crippen molar-refractivity contribution in [3.63, 3.8) is 0 Å². The summed E-state index contributed by atoms with van der Waals surface area (Å²) in [6.45, 7) is 2.54. The molecule has 3 N–H and O–H groups in total. The Labute approximate surface area is 298 Å². The summed E-state index contributed by atoms with van der Waals surface area (Å²) in [5.41, 5.74) is 6.46. The maximum Gasteiger partial charge on any atom is 0.245 e. The number of fused-ring (bicyclic) bond motifs is 6. The van der Waals surface area contributed by atoms with Crippen LogP contribution in [0.25, 0.3) is 22.0 Å². The van der Waals surface area contributed by atoms with Crippen molar-refractivity contribution in [3.8, 4) is 28.4 Å². The van der Waals surface area contributed by atoms with Gasteiger partial charge in [-0.2, -0.15) is 11.8 Å². The number of carbonyl (C=O) groups excluding carboxylic acids is 2. The molecular weight excluding hydrogens is 708 g/mol. The smallest absolute Gasteiger partial charge is 0.245 e. The minimum atomic E-state index is -0.613. The topological polar surface area (TPSA) is 122 Å². The van der Waals surface area contributed by atoms with Crippen molar-refractivity contribution in [1.29, 1.82) is 0 Å². The van der Waals surface area contributed by atoms with E-state index >= 15 is 0 Å². The Morgan fingerprint density at radius 2 is 1.88 bits per heavy atom. The maximum absolute atomic E-state index is 14.2. The van der Waals surface area contributed by atoms with Gasteiger partial charge in [0.15, 0.2) is 11.5 Å². The van der Waals surface area contributed by atoms with E-state index in [4.69, 9.17) is 14.2 Å². The van der Waals surface area contributed by atoms with E-state index in [0.717, 1.165) is 55.5 Å². The van der Waals surface area contributed by atoms with E-state index in [1.54, 1.807) is 45.2 Å². The third-order valence-electron chi connectivity index (χ3n) is 9.43. The number of para-hydroxylation sites is 1. The molecule has 0 fully saturated rings. The number of hydrogen-bond donors (Lipinski definition) is 3. The molecule has 0 saturated heterocycles. The molecule has 0 bridgehead atoms. The predicted octanol–water partition coefficient (Wildman–Crippen LogP) is 6.23. The third-order valence-corrected chi connectivity index (χ3v) is 10.7. The van der Waals surface area contributed by atoms with Crippen LogP contribution in [0.1, 0.15) is 48.2 Å². The van der Waals surface area contributed by atoms with Gasteiger partial charge in [0, 0.05) is 53.1 Å². The van der Waals surface area contributed by atoms with Crippen LogP contribution in [0.3, 0.4) is 0 Å². The van der Waals surface area contributed by atoms with Crippen LogP contribution in [-0.2, 0) is 29.0 Å². The van der Waals surface area contributed by atoms with Gasteiger partial charge in [-0.15, -0.1) is 0 Å². The molecule has 258 valence electrons. The Hall–Kier alpha value is -4.16. The highest BCUT2D eigenvalue weighted by Crippen LogP contribution is 2.50. The highest BCUT2D eigenvalue weighted by molar-refractivity contribution is 9.10. The van der Waals surface area contributed by atoms with Crippen molar-refractivity contribution < 1.29 is 23.8 Å². The van der Waals surface area contributed by atoms with Crippen LogP contribution in [0.15, 0.2) is 51.7 Å². The average molecular weight is 750 g/mol. The maximum atomic E-state index is 14.2. The van der Waals surface area contributed by atoms with Gasteiger partial charge in [0.2, 0.25) is 23.0 Å². The molecule has 2 heterocycles. The Balaban J connectivity index is 1.40. The van der Waals surface area contributed by atoms with Crippen molar-refractivity contribution in [3.05, 3.63) is 79.5 Å². The van der Waals surface area contributed by atoms with Crippen LogP contribution in [0, 0.1) is 0 Å². The number of rotatable bonds is 10. The summed E-state index contributed by atoms with van der Waals surface area (Å²) >= 11 is 5.30. The molecule has 49 heavy (non-hydrogen) atoms. The zero-order valence-corrected chi connectivity index (χ0v) is 30.7. The number of aromatic nitrogens is 1. The number of nitrogens with zero attached hydrogens (tertiary/aromatic N) is 1. The Bertz CT molecular complexity index is 1980. The molecule has 12 heteroatoms. The number of aryl methyl sites for hydroxylation is 1. The lowest BCUT2D eigenvalue weighted by atomic mass is 9.95. The fraction of sp³-hybridized carbons (Fsp3) is 0.378. The molecule has 1 aliphatic heterocycles. The lowest BCUT2D eigenvalue weighted by Crippen LogP contribution is -2.45. The first-order valence-corrected chi connectivity index (χ1v) is 18.5. The van der Waals surface area contributed by atoms with Crippen molar-refractivity contribution in [1.82, 2.24) is 15.2 Å². The molecule has 6 rings (SSSR count). The fourth-order valence-corrected chi connectivity index (χ4v) is 8.06. The summed E-state index contributed by atoms with van der Waals surface area (Å²) in [4.78, 5) is 46.1. The zero-order chi connectivity index (χ0) is 34.8. The fourth-order valence-electron chi connectivity index (χ4n) is 7.12. The molecule has 0 radical (unpaired) electrons. The molecule has 4 aromatic rings. The molecule has 10 nitrogen and oxygen atoms in total. The minimum absolute atomic E-state index is 0.0449. The summed E-state index contributed by atoms with van der Waals surface area (Å²) < 4.78 is 18.3. The van der Waals surface area contributed by atoms with Gasteiger partial charge in [0.1, 0.15) is 6.04 Å². The van der Waals surface area contributed by atoms with E-state index in [9.17, 15) is 14.4 Å². The summed E-state index contributed by atoms with van der Waals surface area (Å²) in [6, 6.07) is 12.2. The number of H-pyrrole nitrogens is 1. The SMILES string of the molecule is COc1cc2c(c(OC)c1OC)-c1ccc(N[C@@H](CCSC)C(=O)N3CCc4[nH]c5c(Br)cccc5c4C3)c(=O)cc1[C@@H](NC(C)=O)CC2.